The number of rotatable bonds is 3. The van der Waals surface area contributed by atoms with Crippen LogP contribution in [-0.2, 0) is 4.79 Å². The van der Waals surface area contributed by atoms with Gasteiger partial charge in [0.2, 0.25) is 5.91 Å². The number of ether oxygens (including phenoxy) is 1. The van der Waals surface area contributed by atoms with Gasteiger partial charge in [0.1, 0.15) is 5.75 Å². The molecule has 0 bridgehead atoms. The summed E-state index contributed by atoms with van der Waals surface area (Å²) in [6, 6.07) is 7.01. The first kappa shape index (κ1) is 13.4. The van der Waals surface area contributed by atoms with Crippen molar-refractivity contribution >= 4 is 11.8 Å². The molecule has 2 amide bonds. The van der Waals surface area contributed by atoms with Crippen LogP contribution in [0.2, 0.25) is 0 Å². The second-order valence-electron chi connectivity index (χ2n) is 4.39. The van der Waals surface area contributed by atoms with Gasteiger partial charge in [-0.2, -0.15) is 0 Å². The summed E-state index contributed by atoms with van der Waals surface area (Å²) in [5.74, 6) is 0.532. The lowest BCUT2D eigenvalue weighted by atomic mass is 10.2. The van der Waals surface area contributed by atoms with Gasteiger partial charge in [0.25, 0.3) is 5.91 Å². The smallest absolute Gasteiger partial charge is 0.254 e. The Balaban J connectivity index is 2.07. The number of amides is 2. The predicted molar refractivity (Wildman–Crippen MR) is 71.1 cm³/mol. The molecule has 2 rings (SSSR count). The van der Waals surface area contributed by atoms with Gasteiger partial charge in [0, 0.05) is 18.7 Å². The Bertz CT molecular complexity index is 456. The minimum absolute atomic E-state index is 0.100. The van der Waals surface area contributed by atoms with Gasteiger partial charge < -0.3 is 15.0 Å². The van der Waals surface area contributed by atoms with Crippen molar-refractivity contribution in [2.24, 2.45) is 0 Å². The molecule has 0 aromatic heterocycles. The molecule has 5 nitrogen and oxygen atoms in total. The highest BCUT2D eigenvalue weighted by molar-refractivity contribution is 5.96. The van der Waals surface area contributed by atoms with Gasteiger partial charge in [-0.05, 0) is 37.6 Å². The third-order valence-electron chi connectivity index (χ3n) is 2.96. The molecule has 1 aliphatic rings. The first-order valence-corrected chi connectivity index (χ1v) is 6.49. The molecule has 0 atom stereocenters. The summed E-state index contributed by atoms with van der Waals surface area (Å²) < 4.78 is 5.33. The van der Waals surface area contributed by atoms with E-state index < -0.39 is 0 Å². The lowest BCUT2D eigenvalue weighted by molar-refractivity contribution is -0.121. The Hall–Kier alpha value is -2.04. The normalized spacial score (nSPS) is 15.6. The summed E-state index contributed by atoms with van der Waals surface area (Å²) in [6.07, 6.45) is 0.786. The maximum absolute atomic E-state index is 12.3. The molecule has 5 heteroatoms. The third kappa shape index (κ3) is 3.47. The zero-order valence-corrected chi connectivity index (χ0v) is 11.0. The highest BCUT2D eigenvalue weighted by Crippen LogP contribution is 2.14. The fourth-order valence-electron chi connectivity index (χ4n) is 2.02. The Morgan fingerprint density at radius 1 is 1.37 bits per heavy atom. The number of hydrogen-bond acceptors (Lipinski definition) is 3. The van der Waals surface area contributed by atoms with Crippen molar-refractivity contribution in [3.8, 4) is 5.75 Å². The van der Waals surface area contributed by atoms with Crippen molar-refractivity contribution in [1.29, 1.82) is 0 Å². The number of carbonyl (C=O) groups is 2. The van der Waals surface area contributed by atoms with Gasteiger partial charge in [-0.15, -0.1) is 0 Å². The summed E-state index contributed by atoms with van der Waals surface area (Å²) in [5, 5.41) is 2.75. The third-order valence-corrected chi connectivity index (χ3v) is 2.96. The molecule has 0 unspecified atom stereocenters. The number of nitrogens with one attached hydrogen (secondary N) is 1. The molecule has 1 heterocycles. The Kier molecular flexibility index (Phi) is 4.39. The van der Waals surface area contributed by atoms with E-state index in [-0.39, 0.29) is 18.4 Å². The van der Waals surface area contributed by atoms with Crippen LogP contribution in [0.1, 0.15) is 23.7 Å². The van der Waals surface area contributed by atoms with Crippen LogP contribution in [0.4, 0.5) is 0 Å². The Morgan fingerprint density at radius 3 is 2.79 bits per heavy atom. The van der Waals surface area contributed by atoms with Crippen molar-refractivity contribution in [2.45, 2.75) is 13.3 Å². The van der Waals surface area contributed by atoms with Crippen molar-refractivity contribution in [3.63, 3.8) is 0 Å². The van der Waals surface area contributed by atoms with Crippen LogP contribution in [-0.4, -0.2) is 43.0 Å². The van der Waals surface area contributed by atoms with E-state index in [0.29, 0.717) is 25.3 Å². The van der Waals surface area contributed by atoms with Gasteiger partial charge in [0.15, 0.2) is 0 Å². The highest BCUT2D eigenvalue weighted by Gasteiger charge is 2.20. The van der Waals surface area contributed by atoms with Crippen LogP contribution in [0.3, 0.4) is 0 Å². The molecule has 1 fully saturated rings. The second kappa shape index (κ2) is 6.22. The first-order valence-electron chi connectivity index (χ1n) is 6.49. The van der Waals surface area contributed by atoms with Crippen LogP contribution in [0.25, 0.3) is 0 Å². The molecular formula is C14H18N2O3. The fraction of sp³-hybridized carbons (Fsp3) is 0.429. The van der Waals surface area contributed by atoms with E-state index in [0.717, 1.165) is 12.2 Å². The van der Waals surface area contributed by atoms with Crippen molar-refractivity contribution < 1.29 is 14.3 Å². The largest absolute Gasteiger partial charge is 0.494 e. The van der Waals surface area contributed by atoms with Gasteiger partial charge in [0.05, 0.1) is 13.2 Å². The molecule has 102 valence electrons. The van der Waals surface area contributed by atoms with Crippen LogP contribution < -0.4 is 10.1 Å². The van der Waals surface area contributed by atoms with Gasteiger partial charge in [-0.3, -0.25) is 9.59 Å². The minimum Gasteiger partial charge on any atom is -0.494 e. The summed E-state index contributed by atoms with van der Waals surface area (Å²) in [7, 11) is 0. The van der Waals surface area contributed by atoms with Crippen LogP contribution in [0.5, 0.6) is 5.75 Å². The molecule has 0 radical (unpaired) electrons. The molecule has 0 saturated carbocycles. The predicted octanol–water partition coefficient (Wildman–Crippen LogP) is 1.05. The molecule has 1 N–H and O–H groups in total. The van der Waals surface area contributed by atoms with Crippen LogP contribution >= 0.6 is 0 Å². The number of nitrogens with zero attached hydrogens (tertiary/aromatic N) is 1. The van der Waals surface area contributed by atoms with E-state index in [4.69, 9.17) is 4.74 Å². The molecule has 1 aromatic carbocycles. The van der Waals surface area contributed by atoms with Crippen LogP contribution in [0.15, 0.2) is 24.3 Å². The minimum atomic E-state index is -0.111. The van der Waals surface area contributed by atoms with Crippen LogP contribution in [0, 0.1) is 0 Å². The standard InChI is InChI=1S/C14H18N2O3/c1-2-19-12-6-4-11(5-7-12)14(18)16-9-3-8-15-13(17)10-16/h4-7H,2-3,8-10H2,1H3,(H,15,17). The van der Waals surface area contributed by atoms with Gasteiger partial charge in [-0.1, -0.05) is 0 Å². The molecule has 1 aromatic rings. The molecule has 1 saturated heterocycles. The lowest BCUT2D eigenvalue weighted by Crippen LogP contribution is -2.37. The zero-order chi connectivity index (χ0) is 13.7. The van der Waals surface area contributed by atoms with E-state index in [1.807, 2.05) is 6.92 Å². The molecule has 19 heavy (non-hydrogen) atoms. The quantitative estimate of drug-likeness (QED) is 0.885. The summed E-state index contributed by atoms with van der Waals surface area (Å²) >= 11 is 0. The summed E-state index contributed by atoms with van der Waals surface area (Å²) in [5.41, 5.74) is 0.582. The van der Waals surface area contributed by atoms with E-state index in [2.05, 4.69) is 5.32 Å². The molecule has 0 aliphatic carbocycles. The lowest BCUT2D eigenvalue weighted by Gasteiger charge is -2.19. The Labute approximate surface area is 112 Å². The van der Waals surface area contributed by atoms with E-state index in [1.165, 1.54) is 0 Å². The summed E-state index contributed by atoms with van der Waals surface area (Å²) in [6.45, 7) is 3.87. The van der Waals surface area contributed by atoms with Gasteiger partial charge in [-0.25, -0.2) is 0 Å². The maximum Gasteiger partial charge on any atom is 0.254 e. The molecule has 1 aliphatic heterocycles. The number of hydrogen-bond donors (Lipinski definition) is 1. The number of carbonyl (C=O) groups excluding carboxylic acids is 2. The van der Waals surface area contributed by atoms with Gasteiger partial charge >= 0.3 is 0 Å². The topological polar surface area (TPSA) is 58.6 Å². The molecular weight excluding hydrogens is 244 g/mol. The first-order chi connectivity index (χ1) is 9.20. The van der Waals surface area contributed by atoms with Crippen molar-refractivity contribution in [2.75, 3.05) is 26.2 Å². The van der Waals surface area contributed by atoms with E-state index in [1.54, 1.807) is 29.2 Å². The SMILES string of the molecule is CCOc1ccc(C(=O)N2CCCNC(=O)C2)cc1. The summed E-state index contributed by atoms with van der Waals surface area (Å²) in [4.78, 5) is 25.3. The second-order valence-corrected chi connectivity index (χ2v) is 4.39. The van der Waals surface area contributed by atoms with Crippen molar-refractivity contribution in [3.05, 3.63) is 29.8 Å². The number of benzene rings is 1. The zero-order valence-electron chi connectivity index (χ0n) is 11.0. The fourth-order valence-corrected chi connectivity index (χ4v) is 2.02. The monoisotopic (exact) mass is 262 g/mol. The Morgan fingerprint density at radius 2 is 2.11 bits per heavy atom. The molecule has 0 spiro atoms. The maximum atomic E-state index is 12.3. The van der Waals surface area contributed by atoms with Crippen molar-refractivity contribution in [1.82, 2.24) is 10.2 Å². The highest BCUT2D eigenvalue weighted by atomic mass is 16.5. The van der Waals surface area contributed by atoms with E-state index >= 15 is 0 Å². The average molecular weight is 262 g/mol. The average Bonchev–Trinajstić information content (AvgIpc) is 2.64. The van der Waals surface area contributed by atoms with E-state index in [9.17, 15) is 9.59 Å².